The van der Waals surface area contributed by atoms with Crippen LogP contribution in [0, 0.1) is 17.7 Å². The number of hydrogen-bond acceptors (Lipinski definition) is 1. The van der Waals surface area contributed by atoms with Crippen LogP contribution in [-0.2, 0) is 0 Å². The van der Waals surface area contributed by atoms with Gasteiger partial charge in [-0.1, -0.05) is 12.7 Å². The van der Waals surface area contributed by atoms with Crippen LogP contribution in [0.5, 0.6) is 5.75 Å². The zero-order valence-electron chi connectivity index (χ0n) is 6.31. The summed E-state index contributed by atoms with van der Waals surface area (Å²) in [6, 6.07) is 4.02. The van der Waals surface area contributed by atoms with Gasteiger partial charge in [-0.2, -0.15) is 0 Å². The molecular weight excluding hydrogens is 162 g/mol. The molecule has 3 heteroatoms. The summed E-state index contributed by atoms with van der Waals surface area (Å²) in [6.45, 7) is 3.58. The highest BCUT2D eigenvalue weighted by Crippen LogP contribution is 2.16. The topological polar surface area (TPSA) is 9.23 Å². The number of ether oxygens (including phenoxy) is 1. The van der Waals surface area contributed by atoms with Gasteiger partial charge in [0.25, 0.3) is 0 Å². The van der Waals surface area contributed by atoms with Crippen LogP contribution >= 0.6 is 0 Å². The molecule has 63 valence electrons. The van der Waals surface area contributed by atoms with Crippen molar-refractivity contribution in [2.24, 2.45) is 0 Å². The Labute approximate surface area is 69.3 Å². The minimum Gasteiger partial charge on any atom is -0.486 e. The summed E-state index contributed by atoms with van der Waals surface area (Å²) in [5, 5.41) is 0. The first-order valence-corrected chi connectivity index (χ1v) is 3.34. The zero-order valence-corrected chi connectivity index (χ0v) is 6.31. The molecule has 0 saturated carbocycles. The number of rotatable bonds is 3. The van der Waals surface area contributed by atoms with E-state index in [1.54, 1.807) is 0 Å². The van der Waals surface area contributed by atoms with Gasteiger partial charge >= 0.3 is 0 Å². The lowest BCUT2D eigenvalue weighted by molar-refractivity contribution is 0.340. The van der Waals surface area contributed by atoms with Gasteiger partial charge in [-0.15, -0.1) is 0 Å². The number of halogens is 2. The third-order valence-corrected chi connectivity index (χ3v) is 1.19. The molecule has 1 aromatic rings. The van der Waals surface area contributed by atoms with Crippen molar-refractivity contribution in [1.29, 1.82) is 0 Å². The fraction of sp³-hybridized carbons (Fsp3) is 0.111. The van der Waals surface area contributed by atoms with Crippen LogP contribution in [-0.4, -0.2) is 6.61 Å². The monoisotopic (exact) mass is 169 g/mol. The van der Waals surface area contributed by atoms with E-state index in [-0.39, 0.29) is 12.4 Å². The van der Waals surface area contributed by atoms with E-state index in [1.807, 2.05) is 0 Å². The Morgan fingerprint density at radius 2 is 2.33 bits per heavy atom. The van der Waals surface area contributed by atoms with E-state index in [9.17, 15) is 8.78 Å². The Kier molecular flexibility index (Phi) is 2.80. The molecule has 0 atom stereocenters. The Hall–Kier alpha value is -1.38. The highest BCUT2D eigenvalue weighted by atomic mass is 19.1. The summed E-state index contributed by atoms with van der Waals surface area (Å²) in [4.78, 5) is 0. The van der Waals surface area contributed by atoms with Crippen LogP contribution < -0.4 is 4.74 Å². The molecule has 0 aliphatic carbocycles. The molecule has 0 heterocycles. The van der Waals surface area contributed by atoms with Crippen molar-refractivity contribution < 1.29 is 13.5 Å². The van der Waals surface area contributed by atoms with Gasteiger partial charge in [0.15, 0.2) is 11.6 Å². The third kappa shape index (κ3) is 2.05. The summed E-state index contributed by atoms with van der Waals surface area (Å²) >= 11 is 0. The molecule has 0 bridgehead atoms. The van der Waals surface area contributed by atoms with Crippen LogP contribution in [0.3, 0.4) is 0 Å². The summed E-state index contributed by atoms with van der Waals surface area (Å²) in [5.74, 6) is -1.48. The Morgan fingerprint density at radius 3 is 2.92 bits per heavy atom. The maximum atomic E-state index is 12.8. The van der Waals surface area contributed by atoms with E-state index < -0.39 is 11.6 Å². The minimum absolute atomic E-state index is 0.0173. The first-order valence-electron chi connectivity index (χ1n) is 3.34. The number of benzene rings is 1. The largest absolute Gasteiger partial charge is 0.486 e. The molecule has 1 rings (SSSR count). The van der Waals surface area contributed by atoms with Gasteiger partial charge in [-0.05, 0) is 6.07 Å². The van der Waals surface area contributed by atoms with Crippen molar-refractivity contribution in [2.45, 2.75) is 0 Å². The van der Waals surface area contributed by atoms with E-state index in [0.29, 0.717) is 0 Å². The molecule has 1 radical (unpaired) electrons. The van der Waals surface area contributed by atoms with Crippen molar-refractivity contribution in [2.75, 3.05) is 6.61 Å². The Balaban J connectivity index is 2.78. The van der Waals surface area contributed by atoms with Gasteiger partial charge < -0.3 is 4.74 Å². The average molecular weight is 169 g/mol. The average Bonchev–Trinajstić information content (AvgIpc) is 2.03. The lowest BCUT2D eigenvalue weighted by atomic mass is 10.3. The first-order chi connectivity index (χ1) is 5.74. The molecule has 0 N–H and O–H groups in total. The molecule has 0 aliphatic heterocycles. The summed E-state index contributed by atoms with van der Waals surface area (Å²) in [6.07, 6.45) is 1.47. The fourth-order valence-electron chi connectivity index (χ4n) is 0.687. The van der Waals surface area contributed by atoms with E-state index >= 15 is 0 Å². The standard InChI is InChI=1S/C9H7F2O/c1-2-5-12-9-4-3-7(10)6-8(9)11/h2,4,6H,1,5H2. The first kappa shape index (κ1) is 8.71. The Morgan fingerprint density at radius 1 is 1.58 bits per heavy atom. The van der Waals surface area contributed by atoms with Crippen LogP contribution in [0.25, 0.3) is 0 Å². The van der Waals surface area contributed by atoms with E-state index in [4.69, 9.17) is 4.74 Å². The molecule has 1 aromatic carbocycles. The van der Waals surface area contributed by atoms with E-state index in [0.717, 1.165) is 12.1 Å². The Bertz CT molecular complexity index is 284. The molecule has 0 amide bonds. The second kappa shape index (κ2) is 3.85. The maximum Gasteiger partial charge on any atom is 0.168 e. The lowest BCUT2D eigenvalue weighted by Crippen LogP contribution is -1.95. The molecule has 0 fully saturated rings. The highest BCUT2D eigenvalue weighted by Gasteiger charge is 2.03. The molecule has 0 aromatic heterocycles. The van der Waals surface area contributed by atoms with E-state index in [2.05, 4.69) is 12.6 Å². The van der Waals surface area contributed by atoms with Gasteiger partial charge in [-0.25, -0.2) is 8.78 Å². The summed E-state index contributed by atoms with van der Waals surface area (Å²) in [7, 11) is 0. The molecule has 0 saturated heterocycles. The van der Waals surface area contributed by atoms with Gasteiger partial charge in [0.1, 0.15) is 12.4 Å². The second-order valence-corrected chi connectivity index (χ2v) is 2.09. The summed E-state index contributed by atoms with van der Waals surface area (Å²) in [5.41, 5.74) is 0. The van der Waals surface area contributed by atoms with Crippen LogP contribution in [0.1, 0.15) is 0 Å². The smallest absolute Gasteiger partial charge is 0.168 e. The number of hydrogen-bond donors (Lipinski definition) is 0. The predicted molar refractivity (Wildman–Crippen MR) is 40.9 cm³/mol. The van der Waals surface area contributed by atoms with Gasteiger partial charge in [0.2, 0.25) is 0 Å². The van der Waals surface area contributed by atoms with Crippen molar-refractivity contribution in [1.82, 2.24) is 0 Å². The molecule has 0 unspecified atom stereocenters. The normalized spacial score (nSPS) is 9.50. The molecule has 1 nitrogen and oxygen atoms in total. The fourth-order valence-corrected chi connectivity index (χ4v) is 0.687. The van der Waals surface area contributed by atoms with Crippen molar-refractivity contribution in [3.8, 4) is 5.75 Å². The maximum absolute atomic E-state index is 12.8. The summed E-state index contributed by atoms with van der Waals surface area (Å²) < 4.78 is 29.9. The lowest BCUT2D eigenvalue weighted by Gasteiger charge is -2.02. The van der Waals surface area contributed by atoms with E-state index in [1.165, 1.54) is 6.08 Å². The van der Waals surface area contributed by atoms with Crippen LogP contribution in [0.2, 0.25) is 0 Å². The van der Waals surface area contributed by atoms with Gasteiger partial charge in [-0.3, -0.25) is 0 Å². The molecule has 12 heavy (non-hydrogen) atoms. The van der Waals surface area contributed by atoms with Crippen molar-refractivity contribution in [3.63, 3.8) is 0 Å². The van der Waals surface area contributed by atoms with Crippen molar-refractivity contribution in [3.05, 3.63) is 42.5 Å². The van der Waals surface area contributed by atoms with Gasteiger partial charge in [0.05, 0.1) is 0 Å². The molecule has 0 aliphatic rings. The predicted octanol–water partition coefficient (Wildman–Crippen LogP) is 2.33. The van der Waals surface area contributed by atoms with Gasteiger partial charge in [0, 0.05) is 12.1 Å². The highest BCUT2D eigenvalue weighted by molar-refractivity contribution is 5.23. The third-order valence-electron chi connectivity index (χ3n) is 1.19. The molecular formula is C9H7F2O. The quantitative estimate of drug-likeness (QED) is 0.631. The van der Waals surface area contributed by atoms with Crippen LogP contribution in [0.4, 0.5) is 8.78 Å². The SMILES string of the molecule is C=CCOc1c[c]c(F)cc1F. The van der Waals surface area contributed by atoms with Crippen molar-refractivity contribution >= 4 is 0 Å². The molecule has 0 spiro atoms. The van der Waals surface area contributed by atoms with Crippen LogP contribution in [0.15, 0.2) is 24.8 Å². The minimum atomic E-state index is -0.738. The second-order valence-electron chi connectivity index (χ2n) is 2.09. The zero-order chi connectivity index (χ0) is 8.97.